The number of anilines is 1. The minimum Gasteiger partial charge on any atom is -0.325 e. The number of halogens is 1. The molecule has 0 unspecified atom stereocenters. The van der Waals surface area contributed by atoms with E-state index in [9.17, 15) is 4.79 Å². The molecule has 3 aromatic rings. The standard InChI is InChI=1S/C19H18ClN5OS/c1-11-6-8-13(9-7-11)16-17(27-19-23-22-12(2)25(19)24-16)18(26)21-15-5-3-4-14(20)10-15/h3-10,16-17,24H,1-2H3,(H,21,26)/t16-,17+/m1/s1. The van der Waals surface area contributed by atoms with Crippen molar-refractivity contribution in [3.8, 4) is 0 Å². The molecule has 1 aromatic heterocycles. The summed E-state index contributed by atoms with van der Waals surface area (Å²) in [6.07, 6.45) is 0. The third-order valence-corrected chi connectivity index (χ3v) is 5.84. The summed E-state index contributed by atoms with van der Waals surface area (Å²) in [5.41, 5.74) is 6.25. The van der Waals surface area contributed by atoms with Crippen LogP contribution in [0.1, 0.15) is 23.0 Å². The third kappa shape index (κ3) is 3.65. The van der Waals surface area contributed by atoms with Crippen LogP contribution in [0.3, 0.4) is 0 Å². The topological polar surface area (TPSA) is 71.8 Å². The van der Waals surface area contributed by atoms with Gasteiger partial charge in [-0.25, -0.2) is 4.68 Å². The average molecular weight is 400 g/mol. The Balaban J connectivity index is 1.66. The lowest BCUT2D eigenvalue weighted by molar-refractivity contribution is -0.116. The highest BCUT2D eigenvalue weighted by molar-refractivity contribution is 8.00. The molecule has 0 bridgehead atoms. The van der Waals surface area contributed by atoms with E-state index in [1.807, 2.05) is 54.9 Å². The van der Waals surface area contributed by atoms with Gasteiger partial charge < -0.3 is 10.7 Å². The fraction of sp³-hybridized carbons (Fsp3) is 0.211. The number of aromatic nitrogens is 3. The zero-order valence-corrected chi connectivity index (χ0v) is 16.4. The first-order chi connectivity index (χ1) is 13.0. The maximum atomic E-state index is 13.1. The molecule has 4 rings (SSSR count). The van der Waals surface area contributed by atoms with Gasteiger partial charge in [-0.05, 0) is 37.6 Å². The summed E-state index contributed by atoms with van der Waals surface area (Å²) >= 11 is 7.43. The van der Waals surface area contributed by atoms with Crippen LogP contribution in [0.15, 0.2) is 53.7 Å². The minimum atomic E-state index is -0.414. The number of aryl methyl sites for hydroxylation is 2. The average Bonchev–Trinajstić information content (AvgIpc) is 3.02. The van der Waals surface area contributed by atoms with Gasteiger partial charge in [0, 0.05) is 10.7 Å². The highest BCUT2D eigenvalue weighted by Gasteiger charge is 2.37. The van der Waals surface area contributed by atoms with Crippen molar-refractivity contribution in [2.45, 2.75) is 30.3 Å². The molecule has 0 aliphatic carbocycles. The van der Waals surface area contributed by atoms with E-state index in [0.29, 0.717) is 15.9 Å². The van der Waals surface area contributed by atoms with E-state index >= 15 is 0 Å². The van der Waals surface area contributed by atoms with Crippen LogP contribution < -0.4 is 10.7 Å². The molecule has 138 valence electrons. The molecular weight excluding hydrogens is 382 g/mol. The van der Waals surface area contributed by atoms with E-state index in [1.54, 1.807) is 12.1 Å². The lowest BCUT2D eigenvalue weighted by atomic mass is 10.0. The van der Waals surface area contributed by atoms with Crippen LogP contribution in [0.25, 0.3) is 0 Å². The van der Waals surface area contributed by atoms with Crippen molar-refractivity contribution < 1.29 is 4.79 Å². The van der Waals surface area contributed by atoms with Gasteiger partial charge in [0.15, 0.2) is 0 Å². The molecule has 0 radical (unpaired) electrons. The van der Waals surface area contributed by atoms with Crippen LogP contribution in [0, 0.1) is 13.8 Å². The van der Waals surface area contributed by atoms with Crippen molar-refractivity contribution in [2.24, 2.45) is 0 Å². The molecule has 2 aromatic carbocycles. The molecule has 2 N–H and O–H groups in total. The van der Waals surface area contributed by atoms with Gasteiger partial charge in [0.25, 0.3) is 0 Å². The van der Waals surface area contributed by atoms with Crippen LogP contribution >= 0.6 is 23.4 Å². The predicted molar refractivity (Wildman–Crippen MR) is 108 cm³/mol. The van der Waals surface area contributed by atoms with Crippen molar-refractivity contribution >= 4 is 35.0 Å². The Morgan fingerprint density at radius 2 is 1.96 bits per heavy atom. The first-order valence-corrected chi connectivity index (χ1v) is 9.75. The Morgan fingerprint density at radius 3 is 2.70 bits per heavy atom. The normalized spacial score (nSPS) is 18.5. The number of fused-ring (bicyclic) bond motifs is 1. The predicted octanol–water partition coefficient (Wildman–Crippen LogP) is 3.95. The maximum Gasteiger partial charge on any atom is 0.240 e. The summed E-state index contributed by atoms with van der Waals surface area (Å²) in [5.74, 6) is 0.635. The van der Waals surface area contributed by atoms with Gasteiger partial charge in [0.1, 0.15) is 11.1 Å². The second-order valence-corrected chi connectivity index (χ2v) is 7.97. The fourth-order valence-corrected chi connectivity index (χ4v) is 4.28. The SMILES string of the molecule is Cc1ccc([C@H]2Nn3c(C)nnc3S[C@@H]2C(=O)Nc2cccc(Cl)c2)cc1. The lowest BCUT2D eigenvalue weighted by Crippen LogP contribution is -2.41. The molecule has 1 aliphatic rings. The summed E-state index contributed by atoms with van der Waals surface area (Å²) in [6, 6.07) is 15.1. The van der Waals surface area contributed by atoms with Crippen LogP contribution in [0.4, 0.5) is 5.69 Å². The van der Waals surface area contributed by atoms with Crippen LogP contribution in [-0.2, 0) is 4.79 Å². The Bertz CT molecular complexity index is 988. The number of hydrogen-bond donors (Lipinski definition) is 2. The number of carbonyl (C=O) groups excluding carboxylic acids is 1. The molecule has 0 fully saturated rings. The Morgan fingerprint density at radius 1 is 1.19 bits per heavy atom. The van der Waals surface area contributed by atoms with E-state index in [-0.39, 0.29) is 11.9 Å². The quantitative estimate of drug-likeness (QED) is 0.697. The molecule has 0 spiro atoms. The Hall–Kier alpha value is -2.51. The lowest BCUT2D eigenvalue weighted by Gasteiger charge is -2.32. The van der Waals surface area contributed by atoms with Crippen LogP contribution in [-0.4, -0.2) is 26.0 Å². The summed E-state index contributed by atoms with van der Waals surface area (Å²) in [7, 11) is 0. The first kappa shape index (κ1) is 17.9. The number of amides is 1. The van der Waals surface area contributed by atoms with Crippen molar-refractivity contribution in [3.05, 3.63) is 70.5 Å². The Labute approximate surface area is 166 Å². The molecule has 0 saturated heterocycles. The maximum absolute atomic E-state index is 13.1. The van der Waals surface area contributed by atoms with E-state index in [1.165, 1.54) is 17.3 Å². The van der Waals surface area contributed by atoms with Crippen molar-refractivity contribution in [1.82, 2.24) is 14.9 Å². The van der Waals surface area contributed by atoms with Gasteiger partial charge in [-0.2, -0.15) is 0 Å². The molecule has 6 nitrogen and oxygen atoms in total. The smallest absolute Gasteiger partial charge is 0.240 e. The van der Waals surface area contributed by atoms with Gasteiger partial charge in [0.2, 0.25) is 11.1 Å². The van der Waals surface area contributed by atoms with Crippen molar-refractivity contribution in [1.29, 1.82) is 0 Å². The minimum absolute atomic E-state index is 0.118. The van der Waals surface area contributed by atoms with E-state index in [4.69, 9.17) is 11.6 Å². The van der Waals surface area contributed by atoms with Gasteiger partial charge in [0.05, 0.1) is 6.04 Å². The summed E-state index contributed by atoms with van der Waals surface area (Å²) in [6.45, 7) is 3.92. The number of rotatable bonds is 3. The molecule has 8 heteroatoms. The monoisotopic (exact) mass is 399 g/mol. The third-order valence-electron chi connectivity index (χ3n) is 4.39. The molecule has 27 heavy (non-hydrogen) atoms. The highest BCUT2D eigenvalue weighted by Crippen LogP contribution is 2.37. The van der Waals surface area contributed by atoms with Crippen LogP contribution in [0.2, 0.25) is 5.02 Å². The summed E-state index contributed by atoms with van der Waals surface area (Å²) in [4.78, 5) is 13.1. The molecule has 0 saturated carbocycles. The molecule has 1 aliphatic heterocycles. The number of hydrogen-bond acceptors (Lipinski definition) is 5. The summed E-state index contributed by atoms with van der Waals surface area (Å²) in [5, 5.41) is 12.1. The zero-order valence-electron chi connectivity index (χ0n) is 14.8. The highest BCUT2D eigenvalue weighted by atomic mass is 35.5. The molecule has 2 heterocycles. The second-order valence-electron chi connectivity index (χ2n) is 6.42. The number of benzene rings is 2. The molecule has 2 atom stereocenters. The molecule has 1 amide bonds. The summed E-state index contributed by atoms with van der Waals surface area (Å²) < 4.78 is 1.83. The number of nitrogens with one attached hydrogen (secondary N) is 2. The van der Waals surface area contributed by atoms with E-state index in [2.05, 4.69) is 20.9 Å². The first-order valence-electron chi connectivity index (χ1n) is 8.49. The zero-order chi connectivity index (χ0) is 19.0. The number of carbonyl (C=O) groups is 1. The Kier molecular flexibility index (Phi) is 4.80. The van der Waals surface area contributed by atoms with Crippen molar-refractivity contribution in [3.63, 3.8) is 0 Å². The van der Waals surface area contributed by atoms with Gasteiger partial charge in [-0.15, -0.1) is 10.2 Å². The van der Waals surface area contributed by atoms with E-state index in [0.717, 1.165) is 11.4 Å². The second kappa shape index (κ2) is 7.25. The van der Waals surface area contributed by atoms with Crippen LogP contribution in [0.5, 0.6) is 0 Å². The molecular formula is C19H18ClN5OS. The van der Waals surface area contributed by atoms with Crippen molar-refractivity contribution in [2.75, 3.05) is 10.7 Å². The van der Waals surface area contributed by atoms with Gasteiger partial charge >= 0.3 is 0 Å². The largest absolute Gasteiger partial charge is 0.325 e. The van der Waals surface area contributed by atoms with Gasteiger partial charge in [-0.1, -0.05) is 59.3 Å². The fourth-order valence-electron chi connectivity index (χ4n) is 2.96. The number of nitrogens with zero attached hydrogens (tertiary/aromatic N) is 3. The number of thioether (sulfide) groups is 1. The van der Waals surface area contributed by atoms with Gasteiger partial charge in [-0.3, -0.25) is 4.79 Å². The van der Waals surface area contributed by atoms with E-state index < -0.39 is 5.25 Å².